The summed E-state index contributed by atoms with van der Waals surface area (Å²) < 4.78 is 21.6. The molecule has 126 valence electrons. The molecule has 1 aliphatic heterocycles. The van der Waals surface area contributed by atoms with Gasteiger partial charge >= 0.3 is 0 Å². The zero-order chi connectivity index (χ0) is 16.2. The normalized spacial score (nSPS) is 17.4. The van der Waals surface area contributed by atoms with E-state index in [0.29, 0.717) is 11.7 Å². The van der Waals surface area contributed by atoms with Crippen molar-refractivity contribution in [3.8, 4) is 9.75 Å². The van der Waals surface area contributed by atoms with E-state index in [1.165, 1.54) is 22.7 Å². The van der Waals surface area contributed by atoms with Crippen molar-refractivity contribution in [1.29, 1.82) is 0 Å². The quantitative estimate of drug-likeness (QED) is 0.807. The van der Waals surface area contributed by atoms with Gasteiger partial charge in [-0.05, 0) is 19.1 Å². The van der Waals surface area contributed by atoms with E-state index in [4.69, 9.17) is 10.5 Å². The molecule has 1 saturated heterocycles. The number of thiazole rings is 1. The highest BCUT2D eigenvalue weighted by atomic mass is 32.2. The van der Waals surface area contributed by atoms with Crippen LogP contribution in [0.1, 0.15) is 5.69 Å². The zero-order valence-corrected chi connectivity index (χ0v) is 15.4. The number of aryl methyl sites for hydroxylation is 1. The van der Waals surface area contributed by atoms with E-state index in [1.807, 2.05) is 19.1 Å². The summed E-state index contributed by atoms with van der Waals surface area (Å²) in [5.74, 6) is 0. The lowest BCUT2D eigenvalue weighted by Crippen LogP contribution is -2.40. The first-order chi connectivity index (χ1) is 11.1. The minimum absolute atomic E-state index is 0.567. The summed E-state index contributed by atoms with van der Waals surface area (Å²) in [5, 5.41) is 0.567. The molecule has 0 radical (unpaired) electrons. The first-order valence-electron chi connectivity index (χ1n) is 7.42. The lowest BCUT2D eigenvalue weighted by atomic mass is 10.3. The Balaban J connectivity index is 1.55. The maximum Gasteiger partial charge on any atom is 0.180 e. The van der Waals surface area contributed by atoms with Crippen LogP contribution in [0.4, 0.5) is 5.13 Å². The smallest absolute Gasteiger partial charge is 0.180 e. The highest BCUT2D eigenvalue weighted by molar-refractivity contribution is 7.85. The molecule has 1 aliphatic rings. The molecular formula is C14H20N4O2S3. The molecule has 0 amide bonds. The Kier molecular flexibility index (Phi) is 5.78. The third-order valence-corrected chi connectivity index (χ3v) is 7.28. The molecule has 6 nitrogen and oxygen atoms in total. The predicted molar refractivity (Wildman–Crippen MR) is 96.2 cm³/mol. The summed E-state index contributed by atoms with van der Waals surface area (Å²) in [6.45, 7) is 7.00. The van der Waals surface area contributed by atoms with Crippen LogP contribution in [0.3, 0.4) is 0 Å². The molecule has 23 heavy (non-hydrogen) atoms. The molecule has 9 heteroatoms. The Morgan fingerprint density at radius 1 is 1.39 bits per heavy atom. The Labute approximate surface area is 146 Å². The van der Waals surface area contributed by atoms with Crippen molar-refractivity contribution >= 4 is 38.8 Å². The molecule has 3 rings (SSSR count). The van der Waals surface area contributed by atoms with Crippen LogP contribution >= 0.6 is 22.7 Å². The van der Waals surface area contributed by atoms with Crippen molar-refractivity contribution < 1.29 is 8.95 Å². The predicted octanol–water partition coefficient (Wildman–Crippen LogP) is 1.71. The fourth-order valence-electron chi connectivity index (χ4n) is 2.38. The van der Waals surface area contributed by atoms with Gasteiger partial charge in [0.15, 0.2) is 5.13 Å². The average molecular weight is 373 g/mol. The van der Waals surface area contributed by atoms with E-state index in [1.54, 1.807) is 0 Å². The lowest BCUT2D eigenvalue weighted by Gasteiger charge is -2.26. The summed E-state index contributed by atoms with van der Waals surface area (Å²) >= 11 is 2.99. The highest BCUT2D eigenvalue weighted by Gasteiger charge is 2.14. The topological polar surface area (TPSA) is 80.5 Å². The van der Waals surface area contributed by atoms with Gasteiger partial charge in [-0.1, -0.05) is 11.3 Å². The second-order valence-electron chi connectivity index (χ2n) is 5.20. The Bertz CT molecular complexity index is 679. The summed E-state index contributed by atoms with van der Waals surface area (Å²) in [6.07, 6.45) is 0. The molecule has 2 aromatic rings. The maximum atomic E-state index is 12.4. The first-order valence-corrected chi connectivity index (χ1v) is 10.2. The number of anilines is 1. The molecule has 0 aliphatic carbocycles. The number of nitrogen functional groups attached to an aromatic ring is 1. The summed E-state index contributed by atoms with van der Waals surface area (Å²) in [5.41, 5.74) is 6.67. The Morgan fingerprint density at radius 3 is 2.87 bits per heavy atom. The minimum atomic E-state index is -1.18. The largest absolute Gasteiger partial charge is 0.379 e. The first kappa shape index (κ1) is 17.0. The van der Waals surface area contributed by atoms with Crippen molar-refractivity contribution in [2.24, 2.45) is 0 Å². The number of hydrogen-bond acceptors (Lipinski definition) is 7. The van der Waals surface area contributed by atoms with Crippen molar-refractivity contribution in [3.05, 3.63) is 17.8 Å². The van der Waals surface area contributed by atoms with E-state index in [-0.39, 0.29) is 0 Å². The van der Waals surface area contributed by atoms with Gasteiger partial charge in [-0.3, -0.25) is 4.90 Å². The van der Waals surface area contributed by atoms with Crippen molar-refractivity contribution in [2.45, 2.75) is 11.1 Å². The number of thiophene rings is 1. The monoisotopic (exact) mass is 372 g/mol. The molecule has 1 atom stereocenters. The van der Waals surface area contributed by atoms with Gasteiger partial charge in [0.05, 0.1) is 23.8 Å². The number of aromatic nitrogens is 1. The molecule has 0 spiro atoms. The van der Waals surface area contributed by atoms with Gasteiger partial charge in [0, 0.05) is 31.1 Å². The van der Waals surface area contributed by atoms with Crippen LogP contribution in [-0.4, -0.2) is 53.5 Å². The molecule has 1 unspecified atom stereocenters. The average Bonchev–Trinajstić information content (AvgIpc) is 3.14. The number of nitrogens with two attached hydrogens (primary N) is 1. The van der Waals surface area contributed by atoms with Gasteiger partial charge in [0.2, 0.25) is 0 Å². The van der Waals surface area contributed by atoms with Gasteiger partial charge < -0.3 is 10.5 Å². The second kappa shape index (κ2) is 7.82. The maximum absolute atomic E-state index is 12.4. The summed E-state index contributed by atoms with van der Waals surface area (Å²) in [4.78, 5) is 8.68. The highest BCUT2D eigenvalue weighted by Crippen LogP contribution is 2.36. The second-order valence-corrected chi connectivity index (χ2v) is 8.84. The van der Waals surface area contributed by atoms with Gasteiger partial charge in [0.1, 0.15) is 15.2 Å². The van der Waals surface area contributed by atoms with E-state index in [2.05, 4.69) is 14.6 Å². The number of ether oxygens (including phenoxy) is 1. The fourth-order valence-corrected chi connectivity index (χ4v) is 5.47. The molecular weight excluding hydrogens is 352 g/mol. The van der Waals surface area contributed by atoms with Crippen LogP contribution in [0.25, 0.3) is 9.75 Å². The molecule has 0 saturated carbocycles. The van der Waals surface area contributed by atoms with E-state index in [0.717, 1.165) is 52.5 Å². The van der Waals surface area contributed by atoms with E-state index < -0.39 is 11.0 Å². The standard InChI is InChI=1S/C14H20N4O2S3/c1-10-13(22-14(15)17-10)11-2-3-12(21-11)23(19)16-4-5-18-6-8-20-9-7-18/h2-3,16H,4-9H2,1H3,(H2,15,17). The van der Waals surface area contributed by atoms with Crippen LogP contribution in [-0.2, 0) is 15.7 Å². The number of hydrogen-bond donors (Lipinski definition) is 2. The molecule has 3 heterocycles. The molecule has 0 bridgehead atoms. The summed E-state index contributed by atoms with van der Waals surface area (Å²) in [6, 6.07) is 3.90. The minimum Gasteiger partial charge on any atom is -0.379 e. The molecule has 2 aromatic heterocycles. The third kappa shape index (κ3) is 4.37. The van der Waals surface area contributed by atoms with Crippen molar-refractivity contribution in [2.75, 3.05) is 45.1 Å². The number of morpholine rings is 1. The van der Waals surface area contributed by atoms with Crippen LogP contribution in [0.15, 0.2) is 16.3 Å². The molecule has 1 fully saturated rings. The van der Waals surface area contributed by atoms with Gasteiger partial charge in [0.25, 0.3) is 0 Å². The van der Waals surface area contributed by atoms with Gasteiger partial charge in [-0.25, -0.2) is 13.9 Å². The summed E-state index contributed by atoms with van der Waals surface area (Å²) in [7, 11) is -1.18. The van der Waals surface area contributed by atoms with Gasteiger partial charge in [-0.15, -0.1) is 11.3 Å². The number of nitrogens with zero attached hydrogens (tertiary/aromatic N) is 2. The van der Waals surface area contributed by atoms with Crippen molar-refractivity contribution in [1.82, 2.24) is 14.6 Å². The van der Waals surface area contributed by atoms with E-state index in [9.17, 15) is 4.21 Å². The van der Waals surface area contributed by atoms with Crippen LogP contribution < -0.4 is 10.5 Å². The number of nitrogens with one attached hydrogen (secondary N) is 1. The van der Waals surface area contributed by atoms with Crippen LogP contribution in [0.5, 0.6) is 0 Å². The Morgan fingerprint density at radius 2 is 2.17 bits per heavy atom. The van der Waals surface area contributed by atoms with Crippen molar-refractivity contribution in [3.63, 3.8) is 0 Å². The molecule has 0 aromatic carbocycles. The van der Waals surface area contributed by atoms with E-state index >= 15 is 0 Å². The SMILES string of the molecule is Cc1nc(N)sc1-c1ccc(S(=O)NCCN2CCOCC2)s1. The molecule has 3 N–H and O–H groups in total. The van der Waals surface area contributed by atoms with Gasteiger partial charge in [-0.2, -0.15) is 0 Å². The fraction of sp³-hybridized carbons (Fsp3) is 0.500. The van der Waals surface area contributed by atoms with Crippen LogP contribution in [0.2, 0.25) is 0 Å². The lowest BCUT2D eigenvalue weighted by molar-refractivity contribution is 0.0390. The Hall–Kier alpha value is -0.840. The zero-order valence-electron chi connectivity index (χ0n) is 12.9. The third-order valence-electron chi connectivity index (χ3n) is 3.57. The number of rotatable bonds is 6. The van der Waals surface area contributed by atoms with Crippen LogP contribution in [0, 0.1) is 6.92 Å².